The van der Waals surface area contributed by atoms with Crippen molar-refractivity contribution in [3.05, 3.63) is 0 Å². The summed E-state index contributed by atoms with van der Waals surface area (Å²) in [5.41, 5.74) is 0.123. The minimum Gasteiger partial charge on any atom is -0.444 e. The first-order chi connectivity index (χ1) is 10.6. The Bertz CT molecular complexity index is 443. The predicted octanol–water partition coefficient (Wildman–Crippen LogP) is 3.80. The lowest BCUT2D eigenvalue weighted by Gasteiger charge is -2.27. The highest BCUT2D eigenvalue weighted by molar-refractivity contribution is 5.69. The van der Waals surface area contributed by atoms with E-state index in [-0.39, 0.29) is 6.09 Å². The topological polar surface area (TPSA) is 41.6 Å². The van der Waals surface area contributed by atoms with Crippen LogP contribution in [-0.4, -0.2) is 41.8 Å². The summed E-state index contributed by atoms with van der Waals surface area (Å²) < 4.78 is 5.48. The number of piperidine rings is 1. The molecule has 0 radical (unpaired) electrons. The first-order valence-corrected chi connectivity index (χ1v) is 9.39. The van der Waals surface area contributed by atoms with Gasteiger partial charge in [-0.1, -0.05) is 20.3 Å². The largest absolute Gasteiger partial charge is 0.444 e. The molecule has 0 bridgehead atoms. The molecule has 1 aliphatic heterocycles. The first-order valence-electron chi connectivity index (χ1n) is 9.39. The Morgan fingerprint density at radius 2 is 1.78 bits per heavy atom. The number of carbonyl (C=O) groups is 1. The second kappa shape index (κ2) is 5.94. The van der Waals surface area contributed by atoms with E-state index in [9.17, 15) is 4.79 Å². The van der Waals surface area contributed by atoms with Crippen molar-refractivity contribution in [2.45, 2.75) is 84.4 Å². The molecule has 2 saturated carbocycles. The molecule has 0 aromatic heterocycles. The number of rotatable bonds is 2. The Balaban J connectivity index is 1.43. The van der Waals surface area contributed by atoms with Gasteiger partial charge in [0.25, 0.3) is 0 Å². The van der Waals surface area contributed by atoms with E-state index < -0.39 is 5.60 Å². The summed E-state index contributed by atoms with van der Waals surface area (Å²) in [4.78, 5) is 14.0. The number of likely N-dealkylation sites (tertiary alicyclic amines) is 1. The van der Waals surface area contributed by atoms with Crippen LogP contribution < -0.4 is 5.32 Å². The molecule has 0 aromatic carbocycles. The minimum atomic E-state index is -0.394. The van der Waals surface area contributed by atoms with Crippen molar-refractivity contribution in [1.29, 1.82) is 0 Å². The summed E-state index contributed by atoms with van der Waals surface area (Å²) in [5, 5.41) is 3.90. The molecule has 1 heterocycles. The summed E-state index contributed by atoms with van der Waals surface area (Å²) in [6, 6.07) is 1.32. The lowest BCUT2D eigenvalue weighted by atomic mass is 9.85. The summed E-state index contributed by atoms with van der Waals surface area (Å²) >= 11 is 0. The van der Waals surface area contributed by atoms with Crippen LogP contribution in [0.4, 0.5) is 4.79 Å². The van der Waals surface area contributed by atoms with E-state index in [1.54, 1.807) is 0 Å². The quantitative estimate of drug-likeness (QED) is 0.786. The van der Waals surface area contributed by atoms with Crippen molar-refractivity contribution in [3.8, 4) is 0 Å². The van der Waals surface area contributed by atoms with Crippen molar-refractivity contribution < 1.29 is 9.53 Å². The van der Waals surface area contributed by atoms with Gasteiger partial charge in [-0.25, -0.2) is 4.79 Å². The van der Waals surface area contributed by atoms with Gasteiger partial charge in [-0.2, -0.15) is 0 Å². The summed E-state index contributed by atoms with van der Waals surface area (Å²) in [7, 11) is 0. The number of hydrogen-bond acceptors (Lipinski definition) is 3. The van der Waals surface area contributed by atoms with Crippen molar-refractivity contribution in [1.82, 2.24) is 10.2 Å². The van der Waals surface area contributed by atoms with Gasteiger partial charge in [0.2, 0.25) is 0 Å². The smallest absolute Gasteiger partial charge is 0.410 e. The summed E-state index contributed by atoms with van der Waals surface area (Å²) in [5.74, 6) is 1.30. The normalized spacial score (nSPS) is 36.3. The molecule has 4 heteroatoms. The van der Waals surface area contributed by atoms with Gasteiger partial charge in [0.1, 0.15) is 5.60 Å². The van der Waals surface area contributed by atoms with Crippen LogP contribution in [-0.2, 0) is 4.74 Å². The van der Waals surface area contributed by atoms with E-state index in [1.165, 1.54) is 32.1 Å². The molecule has 3 unspecified atom stereocenters. The molecule has 1 N–H and O–H groups in total. The maximum absolute atomic E-state index is 12.1. The van der Waals surface area contributed by atoms with E-state index in [1.807, 2.05) is 25.7 Å². The third kappa shape index (κ3) is 4.20. The maximum Gasteiger partial charge on any atom is 0.410 e. The molecule has 1 saturated heterocycles. The fraction of sp³-hybridized carbons (Fsp3) is 0.947. The Labute approximate surface area is 141 Å². The van der Waals surface area contributed by atoms with E-state index >= 15 is 0 Å². The lowest BCUT2D eigenvalue weighted by Crippen LogP contribution is -2.41. The fourth-order valence-electron chi connectivity index (χ4n) is 4.35. The van der Waals surface area contributed by atoms with Crippen LogP contribution in [0.5, 0.6) is 0 Å². The molecular formula is C19H34N2O2. The number of hydrogen-bond donors (Lipinski definition) is 1. The Morgan fingerprint density at radius 3 is 2.39 bits per heavy atom. The number of ether oxygens (including phenoxy) is 1. The van der Waals surface area contributed by atoms with E-state index in [0.717, 1.165) is 13.1 Å². The highest BCUT2D eigenvalue weighted by atomic mass is 16.6. The fourth-order valence-corrected chi connectivity index (χ4v) is 4.35. The van der Waals surface area contributed by atoms with Crippen molar-refractivity contribution in [3.63, 3.8) is 0 Å². The van der Waals surface area contributed by atoms with Gasteiger partial charge in [0.15, 0.2) is 0 Å². The van der Waals surface area contributed by atoms with Gasteiger partial charge in [0, 0.05) is 25.2 Å². The Hall–Kier alpha value is -0.770. The number of carbonyl (C=O) groups excluding carboxylic acids is 1. The number of nitrogens with zero attached hydrogens (tertiary/aromatic N) is 1. The number of amides is 1. The Kier molecular flexibility index (Phi) is 4.41. The molecule has 3 rings (SSSR count). The molecule has 0 aromatic rings. The van der Waals surface area contributed by atoms with Crippen LogP contribution >= 0.6 is 0 Å². The second-order valence-electron chi connectivity index (χ2n) is 9.70. The predicted molar refractivity (Wildman–Crippen MR) is 92.4 cm³/mol. The van der Waals surface area contributed by atoms with Crippen LogP contribution in [0.25, 0.3) is 0 Å². The molecule has 4 nitrogen and oxygen atoms in total. The molecule has 132 valence electrons. The number of nitrogens with one attached hydrogen (secondary N) is 1. The molecule has 3 fully saturated rings. The highest BCUT2D eigenvalue weighted by Crippen LogP contribution is 2.46. The molecule has 2 aliphatic carbocycles. The monoisotopic (exact) mass is 322 g/mol. The van der Waals surface area contributed by atoms with Gasteiger partial charge in [-0.3, -0.25) is 0 Å². The van der Waals surface area contributed by atoms with Gasteiger partial charge in [-0.15, -0.1) is 0 Å². The molecule has 3 aliphatic rings. The summed E-state index contributed by atoms with van der Waals surface area (Å²) in [6.45, 7) is 12.3. The van der Waals surface area contributed by atoms with E-state index in [0.29, 0.717) is 29.3 Å². The third-order valence-corrected chi connectivity index (χ3v) is 5.85. The van der Waals surface area contributed by atoms with Gasteiger partial charge in [0.05, 0.1) is 0 Å². The zero-order valence-corrected chi connectivity index (χ0v) is 15.5. The maximum atomic E-state index is 12.1. The minimum absolute atomic E-state index is 0.139. The zero-order chi connectivity index (χ0) is 16.8. The van der Waals surface area contributed by atoms with Crippen molar-refractivity contribution in [2.75, 3.05) is 13.1 Å². The van der Waals surface area contributed by atoms with Crippen LogP contribution in [0.1, 0.15) is 66.7 Å². The standard InChI is InChI=1S/C19H34N2O2/c1-18(2,3)23-17(22)21-11-14-15(12-21)16(14)20-13-7-6-9-19(4,5)10-8-13/h13-16,20H,6-12H2,1-5H3. The molecule has 3 atom stereocenters. The van der Waals surface area contributed by atoms with Crippen molar-refractivity contribution >= 4 is 6.09 Å². The van der Waals surface area contributed by atoms with Gasteiger partial charge < -0.3 is 15.0 Å². The van der Waals surface area contributed by atoms with Crippen molar-refractivity contribution in [2.24, 2.45) is 17.3 Å². The highest BCUT2D eigenvalue weighted by Gasteiger charge is 2.57. The molecule has 0 spiro atoms. The van der Waals surface area contributed by atoms with Crippen LogP contribution in [0.15, 0.2) is 0 Å². The second-order valence-corrected chi connectivity index (χ2v) is 9.70. The third-order valence-electron chi connectivity index (χ3n) is 5.85. The van der Waals surface area contributed by atoms with Crippen LogP contribution in [0.3, 0.4) is 0 Å². The SMILES string of the molecule is CC1(C)CCCC(NC2C3CN(C(=O)OC(C)(C)C)CC32)CC1. The molecule has 23 heavy (non-hydrogen) atoms. The average Bonchev–Trinajstić information content (AvgIpc) is 2.90. The average molecular weight is 322 g/mol. The van der Waals surface area contributed by atoms with E-state index in [2.05, 4.69) is 19.2 Å². The molecular weight excluding hydrogens is 288 g/mol. The lowest BCUT2D eigenvalue weighted by molar-refractivity contribution is 0.0268. The van der Waals surface area contributed by atoms with Gasteiger partial charge in [-0.05, 0) is 63.7 Å². The zero-order valence-electron chi connectivity index (χ0n) is 15.5. The van der Waals surface area contributed by atoms with Crippen LogP contribution in [0, 0.1) is 17.3 Å². The number of fused-ring (bicyclic) bond motifs is 1. The first kappa shape index (κ1) is 17.1. The van der Waals surface area contributed by atoms with Gasteiger partial charge >= 0.3 is 6.09 Å². The van der Waals surface area contributed by atoms with E-state index in [4.69, 9.17) is 4.74 Å². The van der Waals surface area contributed by atoms with Crippen LogP contribution in [0.2, 0.25) is 0 Å². The molecule has 1 amide bonds. The summed E-state index contributed by atoms with van der Waals surface area (Å²) in [6.07, 6.45) is 6.51. The Morgan fingerprint density at radius 1 is 1.13 bits per heavy atom.